The quantitative estimate of drug-likeness (QED) is 0.800. The highest BCUT2D eigenvalue weighted by Crippen LogP contribution is 2.21. The van der Waals surface area contributed by atoms with Crippen LogP contribution in [0.4, 0.5) is 5.69 Å². The number of aryl methyl sites for hydroxylation is 1. The van der Waals surface area contributed by atoms with E-state index in [2.05, 4.69) is 4.98 Å². The van der Waals surface area contributed by atoms with E-state index in [4.69, 9.17) is 10.5 Å². The zero-order valence-electron chi connectivity index (χ0n) is 9.47. The lowest BCUT2D eigenvalue weighted by Gasteiger charge is -2.06. The molecule has 0 spiro atoms. The first-order chi connectivity index (χ1) is 7.70. The number of benzene rings is 1. The molecule has 0 amide bonds. The average molecular weight is 217 g/mol. The second-order valence-electron chi connectivity index (χ2n) is 3.72. The topological polar surface area (TPSA) is 53.1 Å². The van der Waals surface area contributed by atoms with Gasteiger partial charge in [0.1, 0.15) is 12.6 Å². The molecule has 1 aromatic carbocycles. The van der Waals surface area contributed by atoms with Gasteiger partial charge in [0.25, 0.3) is 0 Å². The van der Waals surface area contributed by atoms with Crippen molar-refractivity contribution in [2.45, 2.75) is 13.7 Å². The predicted molar refractivity (Wildman–Crippen MR) is 63.8 cm³/mol. The number of ether oxygens (including phenoxy) is 1. The third-order valence-electron chi connectivity index (χ3n) is 2.31. The molecule has 0 radical (unpaired) electrons. The maximum absolute atomic E-state index is 5.76. The Bertz CT molecular complexity index is 491. The molecule has 0 unspecified atom stereocenters. The van der Waals surface area contributed by atoms with Crippen LogP contribution in [0.1, 0.15) is 5.69 Å². The third kappa shape index (κ3) is 2.06. The Kier molecular flexibility index (Phi) is 2.92. The molecular formula is C12H15N3O. The summed E-state index contributed by atoms with van der Waals surface area (Å²) < 4.78 is 7.09. The van der Waals surface area contributed by atoms with Gasteiger partial charge in [0, 0.05) is 24.6 Å². The maximum atomic E-state index is 5.76. The van der Waals surface area contributed by atoms with Crippen molar-refractivity contribution in [1.82, 2.24) is 9.55 Å². The van der Waals surface area contributed by atoms with Crippen LogP contribution >= 0.6 is 0 Å². The van der Waals surface area contributed by atoms with Gasteiger partial charge < -0.3 is 15.0 Å². The summed E-state index contributed by atoms with van der Waals surface area (Å²) in [7, 11) is 1.67. The Morgan fingerprint density at radius 2 is 2.25 bits per heavy atom. The van der Waals surface area contributed by atoms with Gasteiger partial charge in [-0.3, -0.25) is 0 Å². The van der Waals surface area contributed by atoms with E-state index in [1.807, 2.05) is 42.0 Å². The second-order valence-corrected chi connectivity index (χ2v) is 3.72. The molecule has 84 valence electrons. The number of nitrogens with two attached hydrogens (primary N) is 1. The van der Waals surface area contributed by atoms with Gasteiger partial charge in [-0.1, -0.05) is 12.1 Å². The predicted octanol–water partition coefficient (Wildman–Crippen LogP) is 2.04. The van der Waals surface area contributed by atoms with Gasteiger partial charge in [0.05, 0.1) is 5.69 Å². The molecule has 0 aliphatic rings. The lowest BCUT2D eigenvalue weighted by atomic mass is 10.2. The van der Waals surface area contributed by atoms with E-state index in [-0.39, 0.29) is 0 Å². The molecule has 2 aromatic rings. The number of nitrogens with zero attached hydrogens (tertiary/aromatic N) is 2. The number of hydrogen-bond acceptors (Lipinski definition) is 3. The summed E-state index contributed by atoms with van der Waals surface area (Å²) in [5, 5.41) is 0. The summed E-state index contributed by atoms with van der Waals surface area (Å²) in [6, 6.07) is 7.68. The summed E-state index contributed by atoms with van der Waals surface area (Å²) in [6.45, 7) is 2.45. The lowest BCUT2D eigenvalue weighted by molar-refractivity contribution is 0.132. The zero-order valence-corrected chi connectivity index (χ0v) is 9.47. The fraction of sp³-hybridized carbons (Fsp3) is 0.250. The number of rotatable bonds is 3. The van der Waals surface area contributed by atoms with E-state index >= 15 is 0 Å². The van der Waals surface area contributed by atoms with Crippen LogP contribution in [0.2, 0.25) is 0 Å². The minimum Gasteiger partial charge on any atom is -0.399 e. The highest BCUT2D eigenvalue weighted by atomic mass is 16.5. The van der Waals surface area contributed by atoms with Gasteiger partial charge in [-0.25, -0.2) is 4.98 Å². The Morgan fingerprint density at radius 1 is 1.44 bits per heavy atom. The van der Waals surface area contributed by atoms with Gasteiger partial charge in [0.2, 0.25) is 0 Å². The molecule has 2 N–H and O–H groups in total. The van der Waals surface area contributed by atoms with E-state index in [0.29, 0.717) is 6.73 Å². The average Bonchev–Trinajstić information content (AvgIpc) is 2.60. The number of hydrogen-bond donors (Lipinski definition) is 1. The molecule has 0 aliphatic carbocycles. The molecule has 0 saturated heterocycles. The van der Waals surface area contributed by atoms with Crippen LogP contribution in [-0.4, -0.2) is 16.7 Å². The Morgan fingerprint density at radius 3 is 2.94 bits per heavy atom. The monoisotopic (exact) mass is 217 g/mol. The molecule has 4 heteroatoms. The maximum Gasteiger partial charge on any atom is 0.142 e. The van der Waals surface area contributed by atoms with Crippen molar-refractivity contribution in [3.05, 3.63) is 36.2 Å². The first kappa shape index (κ1) is 10.7. The van der Waals surface area contributed by atoms with Gasteiger partial charge in [-0.15, -0.1) is 0 Å². The molecule has 1 heterocycles. The second kappa shape index (κ2) is 4.37. The molecular weight excluding hydrogens is 202 g/mol. The summed E-state index contributed by atoms with van der Waals surface area (Å²) in [5.74, 6) is 0.881. The molecule has 16 heavy (non-hydrogen) atoms. The fourth-order valence-corrected chi connectivity index (χ4v) is 1.69. The minimum atomic E-state index is 0.491. The van der Waals surface area contributed by atoms with Gasteiger partial charge in [-0.2, -0.15) is 0 Å². The molecule has 1 aromatic heterocycles. The fourth-order valence-electron chi connectivity index (χ4n) is 1.69. The summed E-state index contributed by atoms with van der Waals surface area (Å²) in [4.78, 5) is 4.47. The molecule has 4 nitrogen and oxygen atoms in total. The Balaban J connectivity index is 2.46. The third-order valence-corrected chi connectivity index (χ3v) is 2.31. The first-order valence-electron chi connectivity index (χ1n) is 5.09. The van der Waals surface area contributed by atoms with Gasteiger partial charge >= 0.3 is 0 Å². The van der Waals surface area contributed by atoms with E-state index in [0.717, 1.165) is 22.8 Å². The largest absolute Gasteiger partial charge is 0.399 e. The van der Waals surface area contributed by atoms with Crippen molar-refractivity contribution in [2.24, 2.45) is 0 Å². The van der Waals surface area contributed by atoms with Gasteiger partial charge in [-0.05, 0) is 19.1 Å². The van der Waals surface area contributed by atoms with E-state index in [1.54, 1.807) is 7.11 Å². The van der Waals surface area contributed by atoms with E-state index < -0.39 is 0 Å². The molecule has 0 atom stereocenters. The summed E-state index contributed by atoms with van der Waals surface area (Å²) in [6.07, 6.45) is 1.96. The number of imidazole rings is 1. The molecule has 2 rings (SSSR count). The van der Waals surface area contributed by atoms with Crippen LogP contribution in [0, 0.1) is 6.92 Å². The highest BCUT2D eigenvalue weighted by molar-refractivity contribution is 5.61. The van der Waals surface area contributed by atoms with Crippen molar-refractivity contribution in [3.63, 3.8) is 0 Å². The van der Waals surface area contributed by atoms with Gasteiger partial charge in [0.15, 0.2) is 0 Å². The molecule has 0 aliphatic heterocycles. The van der Waals surface area contributed by atoms with Crippen molar-refractivity contribution < 1.29 is 4.74 Å². The minimum absolute atomic E-state index is 0.491. The molecule has 0 saturated carbocycles. The van der Waals surface area contributed by atoms with Crippen LogP contribution < -0.4 is 5.73 Å². The van der Waals surface area contributed by atoms with E-state index in [1.165, 1.54) is 0 Å². The summed E-state index contributed by atoms with van der Waals surface area (Å²) >= 11 is 0. The van der Waals surface area contributed by atoms with Crippen molar-refractivity contribution in [1.29, 1.82) is 0 Å². The van der Waals surface area contributed by atoms with Crippen molar-refractivity contribution >= 4 is 5.69 Å². The van der Waals surface area contributed by atoms with Crippen LogP contribution in [0.5, 0.6) is 0 Å². The normalized spacial score (nSPS) is 10.6. The van der Waals surface area contributed by atoms with E-state index in [9.17, 15) is 0 Å². The Labute approximate surface area is 94.7 Å². The highest BCUT2D eigenvalue weighted by Gasteiger charge is 2.07. The smallest absolute Gasteiger partial charge is 0.142 e. The standard InChI is InChI=1S/C12H15N3O/c1-9-7-15(8-16-2)12(14-9)10-4-3-5-11(13)6-10/h3-7H,8,13H2,1-2H3. The number of nitrogen functional groups attached to an aromatic ring is 1. The zero-order chi connectivity index (χ0) is 11.5. The number of anilines is 1. The molecule has 0 fully saturated rings. The number of aromatic nitrogens is 2. The van der Waals surface area contributed by atoms with Crippen molar-refractivity contribution in [2.75, 3.05) is 12.8 Å². The van der Waals surface area contributed by atoms with Crippen LogP contribution in [0.3, 0.4) is 0 Å². The van der Waals surface area contributed by atoms with Crippen LogP contribution in [0.25, 0.3) is 11.4 Å². The summed E-state index contributed by atoms with van der Waals surface area (Å²) in [5.41, 5.74) is 8.47. The number of methoxy groups -OCH3 is 1. The van der Waals surface area contributed by atoms with Crippen molar-refractivity contribution in [3.8, 4) is 11.4 Å². The first-order valence-corrected chi connectivity index (χ1v) is 5.09. The van der Waals surface area contributed by atoms with Crippen LogP contribution in [0.15, 0.2) is 30.5 Å². The molecule has 0 bridgehead atoms. The Hall–Kier alpha value is -1.81. The van der Waals surface area contributed by atoms with Crippen LogP contribution in [-0.2, 0) is 11.5 Å². The SMILES string of the molecule is COCn1cc(C)nc1-c1cccc(N)c1. The lowest BCUT2D eigenvalue weighted by Crippen LogP contribution is -2.01.